The lowest BCUT2D eigenvalue weighted by atomic mass is 9.80. The number of aryl methyl sites for hydroxylation is 2. The van der Waals surface area contributed by atoms with Crippen LogP contribution in [0, 0.1) is 6.92 Å². The molecule has 2 nitrogen and oxygen atoms in total. The van der Waals surface area contributed by atoms with Crippen LogP contribution in [-0.2, 0) is 7.05 Å². The van der Waals surface area contributed by atoms with Gasteiger partial charge in [0.05, 0.1) is 27.3 Å². The molecular formula is C38H39N2+. The van der Waals surface area contributed by atoms with Crippen molar-refractivity contribution in [2.24, 2.45) is 7.05 Å². The Morgan fingerprint density at radius 3 is 2.02 bits per heavy atom. The van der Waals surface area contributed by atoms with Crippen LogP contribution in [-0.4, -0.2) is 4.40 Å². The summed E-state index contributed by atoms with van der Waals surface area (Å²) < 4.78 is 4.88. The third kappa shape index (κ3) is 3.32. The van der Waals surface area contributed by atoms with E-state index in [2.05, 4.69) is 137 Å². The van der Waals surface area contributed by atoms with E-state index in [1.165, 1.54) is 82.4 Å². The van der Waals surface area contributed by atoms with Crippen molar-refractivity contribution in [1.82, 2.24) is 4.40 Å². The number of benzene rings is 4. The predicted molar refractivity (Wildman–Crippen MR) is 172 cm³/mol. The Kier molecular flexibility index (Phi) is 5.52. The summed E-state index contributed by atoms with van der Waals surface area (Å²) in [4.78, 5) is 0. The van der Waals surface area contributed by atoms with E-state index in [1.807, 2.05) is 0 Å². The molecule has 7 aromatic rings. The van der Waals surface area contributed by atoms with Gasteiger partial charge in [-0.15, -0.1) is 0 Å². The van der Waals surface area contributed by atoms with E-state index in [4.69, 9.17) is 0 Å². The normalized spacial score (nSPS) is 12.7. The van der Waals surface area contributed by atoms with E-state index in [-0.39, 0.29) is 0 Å². The first-order valence-corrected chi connectivity index (χ1v) is 14.9. The van der Waals surface area contributed by atoms with Crippen LogP contribution in [0.25, 0.3) is 60.1 Å². The first kappa shape index (κ1) is 25.1. The van der Waals surface area contributed by atoms with Gasteiger partial charge in [-0.2, -0.15) is 0 Å². The highest BCUT2D eigenvalue weighted by atomic mass is 15.0. The number of pyridine rings is 2. The van der Waals surface area contributed by atoms with Gasteiger partial charge in [0.2, 0.25) is 5.52 Å². The van der Waals surface area contributed by atoms with E-state index in [1.54, 1.807) is 0 Å². The number of hydrogen-bond acceptors (Lipinski definition) is 0. The number of hydrogen-bond donors (Lipinski definition) is 0. The molecule has 0 unspecified atom stereocenters. The zero-order valence-electron chi connectivity index (χ0n) is 25.1. The van der Waals surface area contributed by atoms with Gasteiger partial charge in [0.25, 0.3) is 0 Å². The molecule has 2 heteroatoms. The molecule has 3 heterocycles. The maximum absolute atomic E-state index is 2.55. The van der Waals surface area contributed by atoms with Gasteiger partial charge in [-0.1, -0.05) is 84.0 Å². The van der Waals surface area contributed by atoms with E-state index in [9.17, 15) is 0 Å². The van der Waals surface area contributed by atoms with E-state index >= 15 is 0 Å². The third-order valence-corrected chi connectivity index (χ3v) is 9.17. The van der Waals surface area contributed by atoms with Gasteiger partial charge < -0.3 is 4.40 Å². The molecule has 0 aliphatic carbocycles. The Morgan fingerprint density at radius 1 is 0.675 bits per heavy atom. The highest BCUT2D eigenvalue weighted by Crippen LogP contribution is 2.48. The highest BCUT2D eigenvalue weighted by Gasteiger charge is 2.28. The zero-order valence-corrected chi connectivity index (χ0v) is 25.1. The van der Waals surface area contributed by atoms with Crippen molar-refractivity contribution >= 4 is 49.0 Å². The number of rotatable bonds is 4. The summed E-state index contributed by atoms with van der Waals surface area (Å²) in [6, 6.07) is 25.6. The van der Waals surface area contributed by atoms with Crippen LogP contribution in [0.4, 0.5) is 0 Å². The van der Waals surface area contributed by atoms with Crippen LogP contribution in [0.5, 0.6) is 0 Å². The Bertz CT molecular complexity index is 2070. The van der Waals surface area contributed by atoms with Crippen molar-refractivity contribution in [2.45, 2.75) is 66.2 Å². The van der Waals surface area contributed by atoms with Crippen molar-refractivity contribution < 1.29 is 4.57 Å². The lowest BCUT2D eigenvalue weighted by Crippen LogP contribution is -2.28. The fourth-order valence-corrected chi connectivity index (χ4v) is 7.17. The van der Waals surface area contributed by atoms with Gasteiger partial charge in [0, 0.05) is 16.8 Å². The fourth-order valence-electron chi connectivity index (χ4n) is 7.17. The Balaban J connectivity index is 1.81. The molecule has 0 amide bonds. The van der Waals surface area contributed by atoms with Gasteiger partial charge in [0.15, 0.2) is 6.20 Å². The molecule has 0 atom stereocenters. The molecule has 0 N–H and O–H groups in total. The minimum atomic E-state index is 0.422. The second-order valence-corrected chi connectivity index (χ2v) is 12.7. The van der Waals surface area contributed by atoms with E-state index in [0.717, 1.165) is 0 Å². The molecule has 0 saturated heterocycles. The standard InChI is InChI=1S/C38H39N2/c1-21(2)26-19-28(22(3)4)35(29(20-26)23(5)6)30-18-25-16-17-39(8)37-33-24(7)12-11-15-32(33)40-31-14-10-9-13-27(31)36(30)38(40)34(25)37/h9-23H,1-8H3/q+1. The molecule has 3 aromatic heterocycles. The Labute approximate surface area is 237 Å². The monoisotopic (exact) mass is 523 g/mol. The Hall–Kier alpha value is -3.91. The van der Waals surface area contributed by atoms with Gasteiger partial charge in [0.1, 0.15) is 7.05 Å². The SMILES string of the molecule is Cc1cccc2c1c1c3c(cc[n+]1C)cc(-c1c(C(C)C)cc(C(C)C)cc1C(C)C)c1c4ccccc4n2c13. The van der Waals surface area contributed by atoms with Crippen LogP contribution in [0.3, 0.4) is 0 Å². The summed E-state index contributed by atoms with van der Waals surface area (Å²) in [6.07, 6.45) is 2.25. The van der Waals surface area contributed by atoms with E-state index in [0.29, 0.717) is 17.8 Å². The predicted octanol–water partition coefficient (Wildman–Crippen LogP) is 10.2. The molecule has 0 saturated carbocycles. The molecule has 40 heavy (non-hydrogen) atoms. The molecule has 0 bridgehead atoms. The van der Waals surface area contributed by atoms with E-state index < -0.39 is 0 Å². The minimum Gasteiger partial charge on any atom is -0.307 e. The number of nitrogens with zero attached hydrogens (tertiary/aromatic N) is 2. The second kappa shape index (κ2) is 8.80. The minimum absolute atomic E-state index is 0.422. The number of para-hydroxylation sites is 1. The summed E-state index contributed by atoms with van der Waals surface area (Å²) in [5.41, 5.74) is 13.7. The smallest absolute Gasteiger partial charge is 0.224 e. The van der Waals surface area contributed by atoms with Crippen LogP contribution in [0.2, 0.25) is 0 Å². The summed E-state index contributed by atoms with van der Waals surface area (Å²) >= 11 is 0. The van der Waals surface area contributed by atoms with Crippen molar-refractivity contribution in [1.29, 1.82) is 0 Å². The maximum atomic E-state index is 2.55. The summed E-state index contributed by atoms with van der Waals surface area (Å²) in [6.45, 7) is 16.3. The van der Waals surface area contributed by atoms with Crippen molar-refractivity contribution in [3.05, 3.63) is 95.2 Å². The van der Waals surface area contributed by atoms with Crippen molar-refractivity contribution in [3.8, 4) is 11.1 Å². The van der Waals surface area contributed by atoms with Gasteiger partial charge in [-0.3, -0.25) is 0 Å². The number of aromatic nitrogens is 2. The summed E-state index contributed by atoms with van der Waals surface area (Å²) in [7, 11) is 2.20. The van der Waals surface area contributed by atoms with Gasteiger partial charge >= 0.3 is 0 Å². The fraction of sp³-hybridized carbons (Fsp3) is 0.289. The van der Waals surface area contributed by atoms with Crippen LogP contribution in [0.15, 0.2) is 72.9 Å². The van der Waals surface area contributed by atoms with Gasteiger partial charge in [-0.05, 0) is 81.6 Å². The quantitative estimate of drug-likeness (QED) is 0.123. The van der Waals surface area contributed by atoms with Crippen LogP contribution in [0.1, 0.15) is 81.5 Å². The molecule has 0 aliphatic rings. The lowest BCUT2D eigenvalue weighted by Gasteiger charge is -2.24. The average Bonchev–Trinajstić information content (AvgIpc) is 3.28. The van der Waals surface area contributed by atoms with Crippen molar-refractivity contribution in [3.63, 3.8) is 0 Å². The summed E-state index contributed by atoms with van der Waals surface area (Å²) in [5.74, 6) is 1.34. The molecule has 0 aliphatic heterocycles. The summed E-state index contributed by atoms with van der Waals surface area (Å²) in [5, 5.41) is 6.72. The molecule has 7 rings (SSSR count). The maximum Gasteiger partial charge on any atom is 0.224 e. The van der Waals surface area contributed by atoms with Crippen LogP contribution < -0.4 is 4.57 Å². The van der Waals surface area contributed by atoms with Gasteiger partial charge in [-0.25, -0.2) is 4.57 Å². The number of fused-ring (bicyclic) bond motifs is 6. The second-order valence-electron chi connectivity index (χ2n) is 12.7. The average molecular weight is 524 g/mol. The topological polar surface area (TPSA) is 8.29 Å². The highest BCUT2D eigenvalue weighted by molar-refractivity contribution is 6.30. The molecular weight excluding hydrogens is 484 g/mol. The van der Waals surface area contributed by atoms with Crippen molar-refractivity contribution in [2.75, 3.05) is 0 Å². The zero-order chi connectivity index (χ0) is 28.0. The molecule has 0 fully saturated rings. The molecule has 0 radical (unpaired) electrons. The first-order valence-electron chi connectivity index (χ1n) is 14.9. The van der Waals surface area contributed by atoms with Crippen LogP contribution >= 0.6 is 0 Å². The molecule has 4 aromatic carbocycles. The lowest BCUT2D eigenvalue weighted by molar-refractivity contribution is -0.643. The largest absolute Gasteiger partial charge is 0.307 e. The Morgan fingerprint density at radius 2 is 1.35 bits per heavy atom. The third-order valence-electron chi connectivity index (χ3n) is 9.17. The molecule has 0 spiro atoms. The molecule has 200 valence electrons. The first-order chi connectivity index (χ1) is 19.2.